The molecule has 0 radical (unpaired) electrons. The van der Waals surface area contributed by atoms with E-state index in [-0.39, 0.29) is 24.2 Å². The standard InChI is InChI=1S/C16H23N3O2.ClH/c1-17-16(21)13-6-4-12(5-7-13)11-19-15(20)9-8-14-3-2-10-18-14;/h4-7,14,18H,2-3,8-11H2,1H3,(H,17,21)(H,19,20);1H. The summed E-state index contributed by atoms with van der Waals surface area (Å²) in [5.74, 6) is -0.0197. The molecule has 6 heteroatoms. The van der Waals surface area contributed by atoms with E-state index in [9.17, 15) is 9.59 Å². The lowest BCUT2D eigenvalue weighted by atomic mass is 10.1. The number of nitrogens with one attached hydrogen (secondary N) is 3. The van der Waals surface area contributed by atoms with Crippen LogP contribution < -0.4 is 16.0 Å². The second-order valence-electron chi connectivity index (χ2n) is 5.38. The molecule has 0 saturated carbocycles. The van der Waals surface area contributed by atoms with Gasteiger partial charge in [-0.3, -0.25) is 9.59 Å². The number of carbonyl (C=O) groups is 2. The van der Waals surface area contributed by atoms with Crippen LogP contribution in [-0.2, 0) is 11.3 Å². The highest BCUT2D eigenvalue weighted by molar-refractivity contribution is 5.93. The average molecular weight is 326 g/mol. The fourth-order valence-electron chi connectivity index (χ4n) is 2.52. The van der Waals surface area contributed by atoms with Gasteiger partial charge in [0, 0.05) is 31.6 Å². The summed E-state index contributed by atoms with van der Waals surface area (Å²) in [6.45, 7) is 1.58. The second-order valence-corrected chi connectivity index (χ2v) is 5.38. The molecule has 2 rings (SSSR count). The maximum absolute atomic E-state index is 11.8. The Balaban J connectivity index is 0.00000242. The average Bonchev–Trinajstić information content (AvgIpc) is 3.04. The second kappa shape index (κ2) is 9.43. The van der Waals surface area contributed by atoms with E-state index in [2.05, 4.69) is 16.0 Å². The lowest BCUT2D eigenvalue weighted by molar-refractivity contribution is -0.121. The molecular weight excluding hydrogens is 302 g/mol. The van der Waals surface area contributed by atoms with Crippen molar-refractivity contribution >= 4 is 24.2 Å². The maximum atomic E-state index is 11.8. The lowest BCUT2D eigenvalue weighted by Gasteiger charge is -2.10. The topological polar surface area (TPSA) is 70.2 Å². The summed E-state index contributed by atoms with van der Waals surface area (Å²) in [5, 5.41) is 8.89. The normalized spacial score (nSPS) is 16.7. The van der Waals surface area contributed by atoms with Crippen LogP contribution in [0, 0.1) is 0 Å². The molecular formula is C16H24ClN3O2. The minimum atomic E-state index is -0.102. The highest BCUT2D eigenvalue weighted by Gasteiger charge is 2.15. The van der Waals surface area contributed by atoms with E-state index in [0.29, 0.717) is 24.6 Å². The molecule has 0 aromatic heterocycles. The number of hydrogen-bond acceptors (Lipinski definition) is 3. The fourth-order valence-corrected chi connectivity index (χ4v) is 2.52. The van der Waals surface area contributed by atoms with Crippen molar-refractivity contribution in [3.05, 3.63) is 35.4 Å². The van der Waals surface area contributed by atoms with Crippen molar-refractivity contribution in [1.82, 2.24) is 16.0 Å². The van der Waals surface area contributed by atoms with Gasteiger partial charge in [-0.1, -0.05) is 12.1 Å². The van der Waals surface area contributed by atoms with E-state index in [4.69, 9.17) is 0 Å². The lowest BCUT2D eigenvalue weighted by Crippen LogP contribution is -2.27. The molecule has 3 N–H and O–H groups in total. The minimum absolute atomic E-state index is 0. The summed E-state index contributed by atoms with van der Waals surface area (Å²) in [7, 11) is 1.61. The van der Waals surface area contributed by atoms with Gasteiger partial charge in [0.2, 0.25) is 5.91 Å². The molecule has 1 atom stereocenters. The smallest absolute Gasteiger partial charge is 0.251 e. The van der Waals surface area contributed by atoms with E-state index >= 15 is 0 Å². The molecule has 1 unspecified atom stereocenters. The van der Waals surface area contributed by atoms with Crippen molar-refractivity contribution in [3.8, 4) is 0 Å². The zero-order valence-corrected chi connectivity index (χ0v) is 13.7. The number of carbonyl (C=O) groups excluding carboxylic acids is 2. The van der Waals surface area contributed by atoms with Gasteiger partial charge in [0.15, 0.2) is 0 Å². The molecule has 0 spiro atoms. The van der Waals surface area contributed by atoms with E-state index in [1.54, 1.807) is 19.2 Å². The summed E-state index contributed by atoms with van der Waals surface area (Å²) in [6.07, 6.45) is 3.85. The zero-order chi connectivity index (χ0) is 15.1. The van der Waals surface area contributed by atoms with E-state index < -0.39 is 0 Å². The van der Waals surface area contributed by atoms with Crippen molar-refractivity contribution < 1.29 is 9.59 Å². The third-order valence-electron chi connectivity index (χ3n) is 3.82. The minimum Gasteiger partial charge on any atom is -0.355 e. The number of benzene rings is 1. The van der Waals surface area contributed by atoms with Crippen molar-refractivity contribution in [2.75, 3.05) is 13.6 Å². The van der Waals surface area contributed by atoms with Gasteiger partial charge in [0.25, 0.3) is 5.91 Å². The van der Waals surface area contributed by atoms with E-state index in [0.717, 1.165) is 18.5 Å². The van der Waals surface area contributed by atoms with Crippen LogP contribution in [0.4, 0.5) is 0 Å². The number of hydrogen-bond donors (Lipinski definition) is 3. The molecule has 22 heavy (non-hydrogen) atoms. The van der Waals surface area contributed by atoms with Crippen molar-refractivity contribution in [1.29, 1.82) is 0 Å². The largest absolute Gasteiger partial charge is 0.355 e. The Bertz CT molecular complexity index is 485. The quantitative estimate of drug-likeness (QED) is 0.744. The maximum Gasteiger partial charge on any atom is 0.251 e. The highest BCUT2D eigenvalue weighted by Crippen LogP contribution is 2.10. The van der Waals surface area contributed by atoms with Gasteiger partial charge in [-0.25, -0.2) is 0 Å². The van der Waals surface area contributed by atoms with Crippen LogP contribution in [0.1, 0.15) is 41.6 Å². The van der Waals surface area contributed by atoms with Crippen LogP contribution in [0.15, 0.2) is 24.3 Å². The van der Waals surface area contributed by atoms with Crippen molar-refractivity contribution in [3.63, 3.8) is 0 Å². The van der Waals surface area contributed by atoms with Gasteiger partial charge in [0.1, 0.15) is 0 Å². The Labute approximate surface area is 137 Å². The van der Waals surface area contributed by atoms with E-state index in [1.807, 2.05) is 12.1 Å². The Hall–Kier alpha value is -1.59. The molecule has 2 amide bonds. The summed E-state index contributed by atoms with van der Waals surface area (Å²) < 4.78 is 0. The molecule has 1 saturated heterocycles. The van der Waals surface area contributed by atoms with Crippen LogP contribution >= 0.6 is 12.4 Å². The van der Waals surface area contributed by atoms with Gasteiger partial charge < -0.3 is 16.0 Å². The molecule has 1 aliphatic heterocycles. The van der Waals surface area contributed by atoms with Crippen LogP contribution in [0.3, 0.4) is 0 Å². The summed E-state index contributed by atoms with van der Waals surface area (Å²) in [5.41, 5.74) is 1.62. The van der Waals surface area contributed by atoms with Gasteiger partial charge in [0.05, 0.1) is 0 Å². The molecule has 5 nitrogen and oxygen atoms in total. The number of halogens is 1. The molecule has 1 aromatic carbocycles. The first-order valence-electron chi connectivity index (χ1n) is 7.50. The predicted octanol–water partition coefficient (Wildman–Crippen LogP) is 1.62. The highest BCUT2D eigenvalue weighted by atomic mass is 35.5. The zero-order valence-electron chi connectivity index (χ0n) is 12.9. The van der Waals surface area contributed by atoms with Crippen LogP contribution in [0.2, 0.25) is 0 Å². The van der Waals surface area contributed by atoms with E-state index in [1.165, 1.54) is 12.8 Å². The van der Waals surface area contributed by atoms with Crippen molar-refractivity contribution in [2.45, 2.75) is 38.3 Å². The monoisotopic (exact) mass is 325 g/mol. The van der Waals surface area contributed by atoms with Crippen LogP contribution in [0.25, 0.3) is 0 Å². The Morgan fingerprint density at radius 3 is 2.59 bits per heavy atom. The Morgan fingerprint density at radius 2 is 2.00 bits per heavy atom. The molecule has 1 aromatic rings. The molecule has 0 bridgehead atoms. The molecule has 1 aliphatic rings. The number of rotatable bonds is 6. The summed E-state index contributed by atoms with van der Waals surface area (Å²) in [4.78, 5) is 23.2. The molecule has 1 fully saturated rings. The third-order valence-corrected chi connectivity index (χ3v) is 3.82. The van der Waals surface area contributed by atoms with Crippen molar-refractivity contribution in [2.24, 2.45) is 0 Å². The fraction of sp³-hybridized carbons (Fsp3) is 0.500. The third kappa shape index (κ3) is 5.66. The predicted molar refractivity (Wildman–Crippen MR) is 89.2 cm³/mol. The molecule has 0 aliphatic carbocycles. The van der Waals surface area contributed by atoms with Crippen LogP contribution in [0.5, 0.6) is 0 Å². The summed E-state index contributed by atoms with van der Waals surface area (Å²) >= 11 is 0. The first-order valence-corrected chi connectivity index (χ1v) is 7.50. The van der Waals surface area contributed by atoms with Gasteiger partial charge >= 0.3 is 0 Å². The first kappa shape index (κ1) is 18.5. The van der Waals surface area contributed by atoms with Gasteiger partial charge in [-0.15, -0.1) is 12.4 Å². The van der Waals surface area contributed by atoms with Crippen LogP contribution in [-0.4, -0.2) is 31.4 Å². The Morgan fingerprint density at radius 1 is 1.27 bits per heavy atom. The summed E-state index contributed by atoms with van der Waals surface area (Å²) in [6, 6.07) is 7.76. The molecule has 1 heterocycles. The van der Waals surface area contributed by atoms with Gasteiger partial charge in [-0.2, -0.15) is 0 Å². The van der Waals surface area contributed by atoms with Gasteiger partial charge in [-0.05, 0) is 43.5 Å². The number of amides is 2. The SMILES string of the molecule is CNC(=O)c1ccc(CNC(=O)CCC2CCCN2)cc1.Cl. The molecule has 122 valence electrons. The first-order chi connectivity index (χ1) is 10.2. The Kier molecular flexibility index (Phi) is 7.91.